The van der Waals surface area contributed by atoms with Crippen LogP contribution in [-0.4, -0.2) is 26.3 Å². The van der Waals surface area contributed by atoms with Gasteiger partial charge in [0.2, 0.25) is 0 Å². The van der Waals surface area contributed by atoms with Gasteiger partial charge in [-0.25, -0.2) is 4.72 Å². The van der Waals surface area contributed by atoms with E-state index in [1.165, 1.54) is 22.5 Å². The molecule has 0 spiro atoms. The monoisotopic (exact) mass is 254 g/mol. The van der Waals surface area contributed by atoms with Gasteiger partial charge < -0.3 is 0 Å². The molecule has 2 rings (SSSR count). The van der Waals surface area contributed by atoms with Crippen molar-refractivity contribution in [2.24, 2.45) is 0 Å². The van der Waals surface area contributed by atoms with E-state index in [0.29, 0.717) is 13.1 Å². The minimum Gasteiger partial charge on any atom is -0.205 e. The van der Waals surface area contributed by atoms with Crippen molar-refractivity contribution >= 4 is 10.2 Å². The first-order valence-electron chi connectivity index (χ1n) is 5.86. The predicted octanol–water partition coefficient (Wildman–Crippen LogP) is 1.07. The first-order chi connectivity index (χ1) is 8.06. The summed E-state index contributed by atoms with van der Waals surface area (Å²) in [6, 6.07) is 6.32. The van der Waals surface area contributed by atoms with Crippen LogP contribution in [-0.2, 0) is 29.6 Å². The lowest BCUT2D eigenvalue weighted by molar-refractivity contribution is 0.386. The number of hydrogen-bond donors (Lipinski definition) is 1. The van der Waals surface area contributed by atoms with E-state index >= 15 is 0 Å². The first-order valence-corrected chi connectivity index (χ1v) is 7.30. The Morgan fingerprint density at radius 2 is 2.12 bits per heavy atom. The second-order valence-corrected chi connectivity index (χ2v) is 6.12. The number of nitrogens with zero attached hydrogens (tertiary/aromatic N) is 1. The SMILES string of the molecule is CCc1ccc2c(c1)CCN(S(=O)(=O)NC)C2. The van der Waals surface area contributed by atoms with Gasteiger partial charge in [0.05, 0.1) is 0 Å². The number of benzene rings is 1. The highest BCUT2D eigenvalue weighted by Gasteiger charge is 2.25. The zero-order chi connectivity index (χ0) is 12.5. The van der Waals surface area contributed by atoms with Gasteiger partial charge in [-0.05, 0) is 29.5 Å². The molecule has 1 aliphatic heterocycles. The highest BCUT2D eigenvalue weighted by atomic mass is 32.2. The molecule has 1 N–H and O–H groups in total. The van der Waals surface area contributed by atoms with Gasteiger partial charge in [-0.1, -0.05) is 25.1 Å². The molecule has 1 aromatic carbocycles. The van der Waals surface area contributed by atoms with Crippen LogP contribution in [0.15, 0.2) is 18.2 Å². The van der Waals surface area contributed by atoms with Crippen molar-refractivity contribution in [3.8, 4) is 0 Å². The molecule has 0 aliphatic carbocycles. The molecule has 1 aliphatic rings. The molecule has 0 saturated heterocycles. The fourth-order valence-corrected chi connectivity index (χ4v) is 3.03. The van der Waals surface area contributed by atoms with Crippen LogP contribution in [0, 0.1) is 0 Å². The Morgan fingerprint density at radius 1 is 1.35 bits per heavy atom. The van der Waals surface area contributed by atoms with Crippen LogP contribution in [0.2, 0.25) is 0 Å². The lowest BCUT2D eigenvalue weighted by Gasteiger charge is -2.27. The quantitative estimate of drug-likeness (QED) is 0.877. The predicted molar refractivity (Wildman–Crippen MR) is 67.9 cm³/mol. The van der Waals surface area contributed by atoms with Gasteiger partial charge in [-0.15, -0.1) is 0 Å². The molecule has 1 heterocycles. The molecule has 5 heteroatoms. The normalized spacial score (nSPS) is 16.8. The fourth-order valence-electron chi connectivity index (χ4n) is 2.13. The maximum absolute atomic E-state index is 11.7. The Hall–Kier alpha value is -0.910. The van der Waals surface area contributed by atoms with E-state index in [2.05, 4.69) is 23.8 Å². The lowest BCUT2D eigenvalue weighted by Crippen LogP contribution is -2.41. The highest BCUT2D eigenvalue weighted by molar-refractivity contribution is 7.87. The smallest absolute Gasteiger partial charge is 0.205 e. The van der Waals surface area contributed by atoms with Gasteiger partial charge in [0, 0.05) is 20.1 Å². The van der Waals surface area contributed by atoms with Crippen LogP contribution in [0.5, 0.6) is 0 Å². The van der Waals surface area contributed by atoms with E-state index in [4.69, 9.17) is 0 Å². The largest absolute Gasteiger partial charge is 0.279 e. The third-order valence-corrected chi connectivity index (χ3v) is 4.76. The Balaban J connectivity index is 2.26. The van der Waals surface area contributed by atoms with Crippen LogP contribution in [0.4, 0.5) is 0 Å². The molecule has 1 aromatic rings. The van der Waals surface area contributed by atoms with E-state index in [1.54, 1.807) is 0 Å². The molecular weight excluding hydrogens is 236 g/mol. The van der Waals surface area contributed by atoms with Gasteiger partial charge in [-0.2, -0.15) is 12.7 Å². The van der Waals surface area contributed by atoms with Gasteiger partial charge in [0.15, 0.2) is 0 Å². The first kappa shape index (κ1) is 12.5. The third-order valence-electron chi connectivity index (χ3n) is 3.25. The van der Waals surface area contributed by atoms with Crippen molar-refractivity contribution in [3.63, 3.8) is 0 Å². The van der Waals surface area contributed by atoms with E-state index < -0.39 is 10.2 Å². The van der Waals surface area contributed by atoms with E-state index in [0.717, 1.165) is 18.4 Å². The minimum absolute atomic E-state index is 0.475. The molecular formula is C12H18N2O2S. The Bertz CT molecular complexity index is 511. The Labute approximate surface area is 103 Å². The summed E-state index contributed by atoms with van der Waals surface area (Å²) in [5, 5.41) is 0. The van der Waals surface area contributed by atoms with Crippen molar-refractivity contribution in [1.29, 1.82) is 0 Å². The van der Waals surface area contributed by atoms with Crippen LogP contribution < -0.4 is 4.72 Å². The molecule has 94 valence electrons. The van der Waals surface area contributed by atoms with Crippen LogP contribution in [0.3, 0.4) is 0 Å². The van der Waals surface area contributed by atoms with Gasteiger partial charge in [0.25, 0.3) is 10.2 Å². The van der Waals surface area contributed by atoms with Crippen molar-refractivity contribution in [2.75, 3.05) is 13.6 Å². The maximum Gasteiger partial charge on any atom is 0.279 e. The summed E-state index contributed by atoms with van der Waals surface area (Å²) in [6.45, 7) is 3.16. The molecule has 0 radical (unpaired) electrons. The summed E-state index contributed by atoms with van der Waals surface area (Å²) in [5.41, 5.74) is 3.72. The van der Waals surface area contributed by atoms with E-state index in [1.807, 2.05) is 6.07 Å². The Kier molecular flexibility index (Phi) is 3.51. The third kappa shape index (κ3) is 2.51. The number of rotatable bonds is 3. The summed E-state index contributed by atoms with van der Waals surface area (Å²) in [4.78, 5) is 0. The van der Waals surface area contributed by atoms with Crippen molar-refractivity contribution in [2.45, 2.75) is 26.3 Å². The molecule has 0 atom stereocenters. The number of nitrogens with one attached hydrogen (secondary N) is 1. The van der Waals surface area contributed by atoms with E-state index in [9.17, 15) is 8.42 Å². The average molecular weight is 254 g/mol. The van der Waals surface area contributed by atoms with Crippen molar-refractivity contribution in [3.05, 3.63) is 34.9 Å². The molecule has 0 aromatic heterocycles. The summed E-state index contributed by atoms with van der Waals surface area (Å²) in [7, 11) is -1.85. The molecule has 0 unspecified atom stereocenters. The zero-order valence-corrected chi connectivity index (χ0v) is 11.0. The number of fused-ring (bicyclic) bond motifs is 1. The average Bonchev–Trinajstić information content (AvgIpc) is 2.37. The fraction of sp³-hybridized carbons (Fsp3) is 0.500. The van der Waals surface area contributed by atoms with Crippen LogP contribution in [0.1, 0.15) is 23.6 Å². The summed E-state index contributed by atoms with van der Waals surface area (Å²) in [6.07, 6.45) is 1.82. The summed E-state index contributed by atoms with van der Waals surface area (Å²) < 4.78 is 27.3. The summed E-state index contributed by atoms with van der Waals surface area (Å²) in [5.74, 6) is 0. The number of hydrogen-bond acceptors (Lipinski definition) is 2. The molecule has 0 saturated carbocycles. The molecule has 0 fully saturated rings. The zero-order valence-electron chi connectivity index (χ0n) is 10.2. The standard InChI is InChI=1S/C12H18N2O2S/c1-3-10-4-5-12-9-14(17(15,16)13-2)7-6-11(12)8-10/h4-5,8,13H,3,6-7,9H2,1-2H3. The Morgan fingerprint density at radius 3 is 2.76 bits per heavy atom. The second-order valence-electron chi connectivity index (χ2n) is 4.25. The van der Waals surface area contributed by atoms with Crippen LogP contribution >= 0.6 is 0 Å². The molecule has 4 nitrogen and oxygen atoms in total. The van der Waals surface area contributed by atoms with Gasteiger partial charge >= 0.3 is 0 Å². The minimum atomic E-state index is -3.30. The van der Waals surface area contributed by atoms with Crippen molar-refractivity contribution < 1.29 is 8.42 Å². The molecule has 17 heavy (non-hydrogen) atoms. The van der Waals surface area contributed by atoms with Crippen molar-refractivity contribution in [1.82, 2.24) is 9.03 Å². The lowest BCUT2D eigenvalue weighted by atomic mass is 9.98. The highest BCUT2D eigenvalue weighted by Crippen LogP contribution is 2.22. The topological polar surface area (TPSA) is 49.4 Å². The number of aryl methyl sites for hydroxylation is 1. The van der Waals surface area contributed by atoms with Crippen LogP contribution in [0.25, 0.3) is 0 Å². The maximum atomic E-state index is 11.7. The second kappa shape index (κ2) is 4.76. The summed E-state index contributed by atoms with van der Waals surface area (Å²) >= 11 is 0. The van der Waals surface area contributed by atoms with E-state index in [-0.39, 0.29) is 0 Å². The van der Waals surface area contributed by atoms with Gasteiger partial charge in [0.1, 0.15) is 0 Å². The molecule has 0 amide bonds. The molecule has 0 bridgehead atoms. The van der Waals surface area contributed by atoms with Gasteiger partial charge in [-0.3, -0.25) is 0 Å².